The van der Waals surface area contributed by atoms with Crippen LogP contribution in [-0.2, 0) is 20.4 Å². The maximum absolute atomic E-state index is 7.25. The van der Waals surface area contributed by atoms with Crippen molar-refractivity contribution in [2.24, 2.45) is 0 Å². The predicted octanol–water partition coefficient (Wildman–Crippen LogP) is 7.34. The molecule has 1 fully saturated rings. The van der Waals surface area contributed by atoms with Crippen molar-refractivity contribution in [1.82, 2.24) is 0 Å². The normalized spacial score (nSPS) is 11.1. The third-order valence-electron chi connectivity index (χ3n) is 5.21. The minimum atomic E-state index is -0.446. The Balaban J connectivity index is 0.000000316. The molecule has 179 valence electrons. The Morgan fingerprint density at radius 2 is 0.771 bits per heavy atom. The van der Waals surface area contributed by atoms with E-state index in [1.807, 2.05) is 30.3 Å². The third-order valence-corrected chi connectivity index (χ3v) is 7.65. The number of benzene rings is 4. The van der Waals surface area contributed by atoms with Crippen molar-refractivity contribution in [3.05, 3.63) is 144 Å². The Kier molecular flexibility index (Phi) is 16.8. The van der Waals surface area contributed by atoms with Gasteiger partial charge in [-0.25, -0.2) is 0 Å². The van der Waals surface area contributed by atoms with Crippen LogP contribution in [-0.4, -0.2) is 0 Å². The fraction of sp³-hybridized carbons (Fsp3) is 0.161. The van der Waals surface area contributed by atoms with Crippen molar-refractivity contribution in [2.75, 3.05) is 0 Å². The van der Waals surface area contributed by atoms with Crippen LogP contribution in [0.4, 0.5) is 0 Å². The molecule has 0 amide bonds. The van der Waals surface area contributed by atoms with Crippen LogP contribution in [0.25, 0.3) is 5.59 Å². The van der Waals surface area contributed by atoms with E-state index in [9.17, 15) is 0 Å². The topological polar surface area (TPSA) is 39.4 Å². The number of hydrogen-bond acceptors (Lipinski definition) is 1. The van der Waals surface area contributed by atoms with E-state index in [4.69, 9.17) is 16.9 Å². The SMILES string of the molecule is C1CCCC1.[C-]#Cc1ccccc1.[N-]=O.[Re].c1ccc(P(c2ccccc2)c2ccccc2)cc1. The molecule has 4 heteroatoms. The van der Waals surface area contributed by atoms with Gasteiger partial charge in [0.2, 0.25) is 0 Å². The Hall–Kier alpha value is -2.87. The number of nitrogens with zero attached hydrogens (tertiary/aromatic N) is 1. The van der Waals surface area contributed by atoms with Crippen LogP contribution in [0.3, 0.4) is 0 Å². The summed E-state index contributed by atoms with van der Waals surface area (Å²) in [7, 11) is -0.446. The van der Waals surface area contributed by atoms with Gasteiger partial charge in [-0.15, -0.1) is 17.7 Å². The van der Waals surface area contributed by atoms with Crippen LogP contribution >= 0.6 is 7.92 Å². The molecule has 0 N–H and O–H groups in total. The molecule has 0 spiro atoms. The second-order valence-electron chi connectivity index (χ2n) is 7.60. The quantitative estimate of drug-likeness (QED) is 0.130. The van der Waals surface area contributed by atoms with Gasteiger partial charge >= 0.3 is 0 Å². The number of nitroso groups, excluding NO2 is 1. The van der Waals surface area contributed by atoms with Gasteiger partial charge in [0.25, 0.3) is 0 Å². The average molecular weight is 650 g/mol. The smallest absolute Gasteiger partial charge is 0 e. The number of hydrogen-bond donors (Lipinski definition) is 0. The van der Waals surface area contributed by atoms with Crippen LogP contribution < -0.4 is 15.9 Å². The Morgan fingerprint density at radius 3 is 1.00 bits per heavy atom. The van der Waals surface area contributed by atoms with Crippen LogP contribution in [0.5, 0.6) is 0 Å². The molecule has 35 heavy (non-hydrogen) atoms. The molecule has 4 aromatic rings. The zero-order chi connectivity index (χ0) is 24.3. The number of rotatable bonds is 3. The van der Waals surface area contributed by atoms with E-state index in [2.05, 4.69) is 96.9 Å². The Labute approximate surface area is 225 Å². The largest absolute Gasteiger partial charge is 0.577 e. The summed E-state index contributed by atoms with van der Waals surface area (Å²) in [5, 5.41) is 4.19. The minimum Gasteiger partial charge on any atom is -0.577 e. The van der Waals surface area contributed by atoms with E-state index in [0.29, 0.717) is 0 Å². The zero-order valence-corrected chi connectivity index (χ0v) is 23.4. The summed E-state index contributed by atoms with van der Waals surface area (Å²) >= 11 is 0. The van der Waals surface area contributed by atoms with Gasteiger partial charge in [-0.3, -0.25) is 5.92 Å². The summed E-state index contributed by atoms with van der Waals surface area (Å²) in [5.41, 5.74) is 6.58. The van der Waals surface area contributed by atoms with E-state index in [-0.39, 0.29) is 20.4 Å². The molecule has 0 bridgehead atoms. The van der Waals surface area contributed by atoms with Gasteiger partial charge in [-0.2, -0.15) is 0 Å². The molecule has 1 radical (unpaired) electrons. The summed E-state index contributed by atoms with van der Waals surface area (Å²) < 4.78 is 0. The van der Waals surface area contributed by atoms with Gasteiger partial charge in [0.15, 0.2) is 0 Å². The van der Waals surface area contributed by atoms with Gasteiger partial charge < -0.3 is 16.9 Å². The maximum atomic E-state index is 7.25. The van der Waals surface area contributed by atoms with E-state index < -0.39 is 7.92 Å². The summed E-state index contributed by atoms with van der Waals surface area (Å²) in [6.07, 6.45) is 14.2. The van der Waals surface area contributed by atoms with Crippen molar-refractivity contribution >= 4 is 23.8 Å². The molecule has 1 saturated carbocycles. The molecule has 5 rings (SSSR count). The van der Waals surface area contributed by atoms with Gasteiger partial charge in [0.1, 0.15) is 0 Å². The van der Waals surface area contributed by atoms with E-state index in [1.165, 1.54) is 48.0 Å². The second-order valence-corrected chi connectivity index (χ2v) is 9.82. The Bertz CT molecular complexity index is 965. The fourth-order valence-corrected chi connectivity index (χ4v) is 5.89. The zero-order valence-electron chi connectivity index (χ0n) is 19.8. The first-order chi connectivity index (χ1) is 16.9. The standard InChI is InChI=1S/C18H15P.C8H5.C5H10.NO.Re/c1-4-10-16(11-5-1)19(17-12-6-2-7-13-17)18-14-8-3-9-15-18;1-2-8-6-4-3-5-7-8;1-2-4-5-3-1;1-2;/h1-15H;3-7H;1-5H2;;/q;-1;;-1;. The minimum absolute atomic E-state index is 0. The molecule has 0 aliphatic heterocycles. The van der Waals surface area contributed by atoms with Crippen LogP contribution in [0.1, 0.15) is 37.7 Å². The van der Waals surface area contributed by atoms with Gasteiger partial charge in [0, 0.05) is 20.4 Å². The summed E-state index contributed by atoms with van der Waals surface area (Å²) in [5.74, 6) is 2.28. The first kappa shape index (κ1) is 30.2. The van der Waals surface area contributed by atoms with Crippen LogP contribution in [0, 0.1) is 17.3 Å². The van der Waals surface area contributed by atoms with Gasteiger partial charge in [-0.1, -0.05) is 141 Å². The average Bonchev–Trinajstić information content (AvgIpc) is 3.53. The molecular weight excluding hydrogens is 620 g/mol. The van der Waals surface area contributed by atoms with E-state index >= 15 is 0 Å². The summed E-state index contributed by atoms with van der Waals surface area (Å²) in [6, 6.07) is 41.7. The van der Waals surface area contributed by atoms with Crippen molar-refractivity contribution in [3.8, 4) is 5.92 Å². The molecule has 0 saturated heterocycles. The fourth-order valence-electron chi connectivity index (χ4n) is 3.58. The molecule has 0 unspecified atom stereocenters. The molecule has 1 aliphatic rings. The second kappa shape index (κ2) is 19.4. The summed E-state index contributed by atoms with van der Waals surface area (Å²) in [4.78, 5) is 7.25. The van der Waals surface area contributed by atoms with Crippen molar-refractivity contribution in [2.45, 2.75) is 32.1 Å². The van der Waals surface area contributed by atoms with Crippen LogP contribution in [0.15, 0.2) is 121 Å². The first-order valence-electron chi connectivity index (χ1n) is 11.5. The third kappa shape index (κ3) is 11.4. The first-order valence-corrected chi connectivity index (χ1v) is 12.8. The molecule has 0 heterocycles. The van der Waals surface area contributed by atoms with Crippen molar-refractivity contribution < 1.29 is 20.4 Å². The molecule has 2 nitrogen and oxygen atoms in total. The summed E-state index contributed by atoms with van der Waals surface area (Å²) in [6.45, 7) is 0. The molecule has 0 aromatic heterocycles. The molecular formula is C31H30NOPRe-2. The van der Waals surface area contributed by atoms with E-state index in [0.717, 1.165) is 5.56 Å². The van der Waals surface area contributed by atoms with Crippen LogP contribution in [0.2, 0.25) is 0 Å². The van der Waals surface area contributed by atoms with E-state index in [1.54, 1.807) is 0 Å². The van der Waals surface area contributed by atoms with Gasteiger partial charge in [0.05, 0.1) is 0 Å². The maximum Gasteiger partial charge on any atom is 0 e. The molecule has 0 atom stereocenters. The molecule has 4 aromatic carbocycles. The van der Waals surface area contributed by atoms with Crippen molar-refractivity contribution in [1.29, 1.82) is 0 Å². The predicted molar refractivity (Wildman–Crippen MR) is 148 cm³/mol. The van der Waals surface area contributed by atoms with Crippen molar-refractivity contribution in [3.63, 3.8) is 0 Å². The Morgan fingerprint density at radius 1 is 0.514 bits per heavy atom. The van der Waals surface area contributed by atoms with Gasteiger partial charge in [-0.05, 0) is 23.8 Å². The monoisotopic (exact) mass is 650 g/mol. The molecule has 1 aliphatic carbocycles.